The Kier molecular flexibility index (Phi) is 2.29. The van der Waals surface area contributed by atoms with Crippen LogP contribution in [-0.4, -0.2) is 24.7 Å². The number of alkyl halides is 5. The van der Waals surface area contributed by atoms with Crippen molar-refractivity contribution in [2.75, 3.05) is 6.54 Å². The van der Waals surface area contributed by atoms with Crippen LogP contribution in [0.2, 0.25) is 0 Å². The molecule has 0 aliphatic carbocycles. The second-order valence-corrected chi connectivity index (χ2v) is 2.77. The zero-order chi connectivity index (χ0) is 9.41. The number of hydrogen-bond donors (Lipinski definition) is 1. The van der Waals surface area contributed by atoms with Gasteiger partial charge in [-0.25, -0.2) is 0 Å². The lowest BCUT2D eigenvalue weighted by Gasteiger charge is -2.25. The molecule has 1 aliphatic heterocycles. The molecule has 1 rings (SSSR count). The van der Waals surface area contributed by atoms with E-state index in [1.165, 1.54) is 0 Å². The van der Waals surface area contributed by atoms with Crippen molar-refractivity contribution >= 4 is 0 Å². The van der Waals surface area contributed by atoms with E-state index in [9.17, 15) is 22.0 Å². The Labute approximate surface area is 65.9 Å². The average molecular weight is 189 g/mol. The lowest BCUT2D eigenvalue weighted by Crippen LogP contribution is -2.51. The van der Waals surface area contributed by atoms with Crippen molar-refractivity contribution in [3.05, 3.63) is 0 Å². The average Bonchev–Trinajstić information content (AvgIpc) is 2.34. The van der Waals surface area contributed by atoms with Gasteiger partial charge >= 0.3 is 12.1 Å². The quantitative estimate of drug-likeness (QED) is 0.621. The largest absolute Gasteiger partial charge is 0.454 e. The fourth-order valence-electron chi connectivity index (χ4n) is 1.19. The first-order valence-electron chi connectivity index (χ1n) is 3.53. The zero-order valence-corrected chi connectivity index (χ0v) is 6.09. The lowest BCUT2D eigenvalue weighted by molar-refractivity contribution is -0.291. The zero-order valence-electron chi connectivity index (χ0n) is 6.09. The number of rotatable bonds is 1. The van der Waals surface area contributed by atoms with Gasteiger partial charge in [0.05, 0.1) is 6.04 Å². The highest BCUT2D eigenvalue weighted by Gasteiger charge is 2.62. The van der Waals surface area contributed by atoms with Crippen molar-refractivity contribution in [3.63, 3.8) is 0 Å². The summed E-state index contributed by atoms with van der Waals surface area (Å²) in [6.07, 6.45) is -5.18. The van der Waals surface area contributed by atoms with E-state index >= 15 is 0 Å². The first kappa shape index (κ1) is 9.70. The Bertz CT molecular complexity index is 158. The van der Waals surface area contributed by atoms with Gasteiger partial charge in [-0.15, -0.1) is 0 Å². The van der Waals surface area contributed by atoms with Crippen LogP contribution in [0.5, 0.6) is 0 Å². The Hall–Kier alpha value is -0.390. The third kappa shape index (κ3) is 1.53. The molecule has 0 aromatic heterocycles. The molecule has 1 heterocycles. The summed E-state index contributed by atoms with van der Waals surface area (Å²) in [7, 11) is 0. The molecule has 0 radical (unpaired) electrons. The molecule has 1 saturated heterocycles. The van der Waals surface area contributed by atoms with Crippen LogP contribution in [0.1, 0.15) is 12.8 Å². The third-order valence-electron chi connectivity index (χ3n) is 1.88. The van der Waals surface area contributed by atoms with Gasteiger partial charge in [-0.3, -0.25) is 0 Å². The minimum Gasteiger partial charge on any atom is -0.308 e. The molecule has 6 heteroatoms. The van der Waals surface area contributed by atoms with E-state index in [1.54, 1.807) is 0 Å². The second kappa shape index (κ2) is 2.83. The number of hydrogen-bond acceptors (Lipinski definition) is 1. The summed E-state index contributed by atoms with van der Waals surface area (Å²) < 4.78 is 60.0. The first-order chi connectivity index (χ1) is 5.36. The van der Waals surface area contributed by atoms with Crippen LogP contribution in [0, 0.1) is 0 Å². The van der Waals surface area contributed by atoms with Crippen LogP contribution in [0.3, 0.4) is 0 Å². The maximum Gasteiger partial charge on any atom is 0.454 e. The smallest absolute Gasteiger partial charge is 0.308 e. The predicted octanol–water partition coefficient (Wildman–Crippen LogP) is 1.94. The van der Waals surface area contributed by atoms with Gasteiger partial charge in [-0.05, 0) is 19.4 Å². The number of halogens is 5. The monoisotopic (exact) mass is 189 g/mol. The van der Waals surface area contributed by atoms with Crippen LogP contribution >= 0.6 is 0 Å². The van der Waals surface area contributed by atoms with E-state index in [2.05, 4.69) is 5.32 Å². The normalized spacial score (nSPS) is 26.2. The molecular formula is C6H8F5N. The van der Waals surface area contributed by atoms with Crippen molar-refractivity contribution in [1.29, 1.82) is 0 Å². The second-order valence-electron chi connectivity index (χ2n) is 2.77. The van der Waals surface area contributed by atoms with Crippen molar-refractivity contribution in [3.8, 4) is 0 Å². The Morgan fingerprint density at radius 2 is 1.67 bits per heavy atom. The van der Waals surface area contributed by atoms with Crippen LogP contribution in [0.25, 0.3) is 0 Å². The molecule has 1 aliphatic rings. The molecule has 1 nitrogen and oxygen atoms in total. The van der Waals surface area contributed by atoms with E-state index in [0.29, 0.717) is 6.42 Å². The summed E-state index contributed by atoms with van der Waals surface area (Å²) in [5.74, 6) is -4.59. The van der Waals surface area contributed by atoms with E-state index < -0.39 is 18.1 Å². The van der Waals surface area contributed by atoms with Crippen molar-refractivity contribution in [1.82, 2.24) is 5.32 Å². The fraction of sp³-hybridized carbons (Fsp3) is 1.00. The summed E-state index contributed by atoms with van der Waals surface area (Å²) in [4.78, 5) is 0. The van der Waals surface area contributed by atoms with Crippen LogP contribution < -0.4 is 5.32 Å². The maximum absolute atomic E-state index is 12.4. The summed E-state index contributed by atoms with van der Waals surface area (Å²) in [6, 6.07) is -1.74. The van der Waals surface area contributed by atoms with Gasteiger partial charge in [-0.2, -0.15) is 22.0 Å². The Morgan fingerprint density at radius 3 is 2.00 bits per heavy atom. The van der Waals surface area contributed by atoms with E-state index in [1.807, 2.05) is 0 Å². The summed E-state index contributed by atoms with van der Waals surface area (Å²) >= 11 is 0. The molecule has 0 bridgehead atoms. The van der Waals surface area contributed by atoms with Gasteiger partial charge in [0.2, 0.25) is 0 Å². The topological polar surface area (TPSA) is 12.0 Å². The Morgan fingerprint density at radius 1 is 1.08 bits per heavy atom. The van der Waals surface area contributed by atoms with Crippen LogP contribution in [0.4, 0.5) is 22.0 Å². The summed E-state index contributed by atoms with van der Waals surface area (Å²) in [6.45, 7) is 0.232. The molecule has 1 atom stereocenters. The number of nitrogens with one attached hydrogen (secondary N) is 1. The summed E-state index contributed by atoms with van der Waals surface area (Å²) in [5, 5.41) is 2.13. The standard InChI is InChI=1S/C6H8F5N/c7-5(8,6(9,10)11)4-2-1-3-12-4/h4,12H,1-3H2. The van der Waals surface area contributed by atoms with Crippen molar-refractivity contribution in [2.24, 2.45) is 0 Å². The fourth-order valence-corrected chi connectivity index (χ4v) is 1.19. The molecule has 0 saturated carbocycles. The predicted molar refractivity (Wildman–Crippen MR) is 32.0 cm³/mol. The molecule has 0 spiro atoms. The minimum atomic E-state index is -5.44. The van der Waals surface area contributed by atoms with Gasteiger partial charge < -0.3 is 5.32 Å². The van der Waals surface area contributed by atoms with Crippen LogP contribution in [0.15, 0.2) is 0 Å². The molecule has 0 aromatic rings. The van der Waals surface area contributed by atoms with E-state index in [-0.39, 0.29) is 13.0 Å². The molecule has 0 amide bonds. The van der Waals surface area contributed by atoms with Gasteiger partial charge in [0.1, 0.15) is 0 Å². The molecule has 1 fully saturated rings. The highest BCUT2D eigenvalue weighted by atomic mass is 19.4. The third-order valence-corrected chi connectivity index (χ3v) is 1.88. The molecular weight excluding hydrogens is 181 g/mol. The lowest BCUT2D eigenvalue weighted by atomic mass is 10.1. The van der Waals surface area contributed by atoms with E-state index in [4.69, 9.17) is 0 Å². The SMILES string of the molecule is FC(F)(F)C(F)(F)C1CCCN1. The highest BCUT2D eigenvalue weighted by Crippen LogP contribution is 2.40. The van der Waals surface area contributed by atoms with Gasteiger partial charge in [-0.1, -0.05) is 0 Å². The molecule has 1 unspecified atom stereocenters. The molecule has 72 valence electrons. The summed E-state index contributed by atoms with van der Waals surface area (Å²) in [5.41, 5.74) is 0. The van der Waals surface area contributed by atoms with Gasteiger partial charge in [0.15, 0.2) is 0 Å². The molecule has 12 heavy (non-hydrogen) atoms. The maximum atomic E-state index is 12.4. The Balaban J connectivity index is 2.69. The van der Waals surface area contributed by atoms with Crippen LogP contribution in [-0.2, 0) is 0 Å². The molecule has 0 aromatic carbocycles. The van der Waals surface area contributed by atoms with Gasteiger partial charge in [0.25, 0.3) is 0 Å². The first-order valence-corrected chi connectivity index (χ1v) is 3.53. The van der Waals surface area contributed by atoms with Crippen molar-refractivity contribution < 1.29 is 22.0 Å². The highest BCUT2D eigenvalue weighted by molar-refractivity contribution is 4.92. The van der Waals surface area contributed by atoms with E-state index in [0.717, 1.165) is 0 Å². The van der Waals surface area contributed by atoms with Crippen molar-refractivity contribution in [2.45, 2.75) is 31.0 Å². The molecule has 1 N–H and O–H groups in total. The van der Waals surface area contributed by atoms with Gasteiger partial charge in [0, 0.05) is 0 Å². The minimum absolute atomic E-state index is 0.119.